The van der Waals surface area contributed by atoms with E-state index in [-0.39, 0.29) is 6.61 Å². The van der Waals surface area contributed by atoms with Crippen LogP contribution < -0.4 is 9.47 Å². The topological polar surface area (TPSA) is 62.6 Å². The highest BCUT2D eigenvalue weighted by atomic mass is 35.5. The lowest BCUT2D eigenvalue weighted by molar-refractivity contribution is -0.170. The van der Waals surface area contributed by atoms with Gasteiger partial charge in [-0.3, -0.25) is 4.57 Å². The average molecular weight is 429 g/mol. The maximum atomic E-state index is 12.6. The van der Waals surface area contributed by atoms with E-state index in [9.17, 15) is 4.79 Å². The molecule has 7 heteroatoms. The number of hydrogen-bond donors (Lipinski definition) is 0. The summed E-state index contributed by atoms with van der Waals surface area (Å²) in [4.78, 5) is 16.7. The van der Waals surface area contributed by atoms with E-state index in [1.165, 1.54) is 0 Å². The number of nitrogens with zero attached hydrogens (tertiary/aromatic N) is 2. The molecule has 0 saturated carbocycles. The molecule has 2 unspecified atom stereocenters. The highest BCUT2D eigenvalue weighted by molar-refractivity contribution is 6.30. The third kappa shape index (κ3) is 6.00. The van der Waals surface area contributed by atoms with Gasteiger partial charge in [-0.2, -0.15) is 0 Å². The Morgan fingerprint density at radius 2 is 1.77 bits per heavy atom. The van der Waals surface area contributed by atoms with Gasteiger partial charge in [0.1, 0.15) is 11.5 Å². The van der Waals surface area contributed by atoms with E-state index in [4.69, 9.17) is 25.8 Å². The van der Waals surface area contributed by atoms with Gasteiger partial charge in [-0.15, -0.1) is 0 Å². The quantitative estimate of drug-likeness (QED) is 0.464. The van der Waals surface area contributed by atoms with Crippen molar-refractivity contribution in [3.05, 3.63) is 78.3 Å². The molecule has 0 N–H and O–H groups in total. The summed E-state index contributed by atoms with van der Waals surface area (Å²) < 4.78 is 19.4. The van der Waals surface area contributed by atoms with Crippen molar-refractivity contribution in [1.82, 2.24) is 9.55 Å². The maximum Gasteiger partial charge on any atom is 0.344 e. The summed E-state index contributed by atoms with van der Waals surface area (Å²) in [5.74, 6) is 0.720. The summed E-state index contributed by atoms with van der Waals surface area (Å²) in [6, 6.07) is 16.2. The van der Waals surface area contributed by atoms with E-state index < -0.39 is 23.7 Å². The molecule has 3 aromatic rings. The minimum atomic E-state index is -0.630. The molecular weight excluding hydrogens is 404 g/mol. The molecule has 1 aromatic heterocycles. The Kier molecular flexibility index (Phi) is 7.00. The van der Waals surface area contributed by atoms with E-state index in [0.717, 1.165) is 0 Å². The Morgan fingerprint density at radius 3 is 2.37 bits per heavy atom. The molecule has 0 radical (unpaired) electrons. The van der Waals surface area contributed by atoms with Crippen LogP contribution >= 0.6 is 11.6 Å². The molecule has 30 heavy (non-hydrogen) atoms. The van der Waals surface area contributed by atoms with E-state index in [1.807, 2.05) is 39.0 Å². The lowest BCUT2D eigenvalue weighted by atomic mass is 9.87. The van der Waals surface area contributed by atoms with Gasteiger partial charge in [0.15, 0.2) is 12.7 Å². The van der Waals surface area contributed by atoms with Crippen molar-refractivity contribution in [2.45, 2.75) is 33.1 Å². The first-order valence-corrected chi connectivity index (χ1v) is 9.98. The smallest absolute Gasteiger partial charge is 0.344 e. The zero-order valence-corrected chi connectivity index (χ0v) is 18.0. The molecule has 0 saturated heterocycles. The number of aromatic nitrogens is 2. The first-order valence-electron chi connectivity index (χ1n) is 9.60. The second-order valence-electron chi connectivity index (χ2n) is 7.85. The minimum Gasteiger partial charge on any atom is -0.482 e. The molecule has 0 spiro atoms. The number of carbonyl (C=O) groups is 1. The fourth-order valence-corrected chi connectivity index (χ4v) is 2.97. The predicted molar refractivity (Wildman–Crippen MR) is 115 cm³/mol. The number of hydrogen-bond acceptors (Lipinski definition) is 5. The van der Waals surface area contributed by atoms with Gasteiger partial charge in [0.05, 0.1) is 6.33 Å². The van der Waals surface area contributed by atoms with Gasteiger partial charge in [0.2, 0.25) is 6.23 Å². The van der Waals surface area contributed by atoms with Crippen molar-refractivity contribution >= 4 is 17.6 Å². The fourth-order valence-electron chi connectivity index (χ4n) is 2.85. The van der Waals surface area contributed by atoms with Crippen molar-refractivity contribution in [1.29, 1.82) is 0 Å². The molecule has 0 fully saturated rings. The highest BCUT2D eigenvalue weighted by Crippen LogP contribution is 2.33. The molecule has 0 aliphatic heterocycles. The molecule has 3 rings (SSSR count). The summed E-state index contributed by atoms with van der Waals surface area (Å²) in [5, 5.41) is 0.610. The number of rotatable bonds is 8. The van der Waals surface area contributed by atoms with E-state index in [2.05, 4.69) is 4.98 Å². The molecule has 2 atom stereocenters. The molecule has 0 bridgehead atoms. The second kappa shape index (κ2) is 9.67. The Hall–Kier alpha value is -2.99. The van der Waals surface area contributed by atoms with Crippen molar-refractivity contribution < 1.29 is 19.0 Å². The summed E-state index contributed by atoms with van der Waals surface area (Å²) in [6.45, 7) is 5.75. The summed E-state index contributed by atoms with van der Waals surface area (Å²) in [7, 11) is 0. The van der Waals surface area contributed by atoms with Crippen LogP contribution in [0.25, 0.3) is 0 Å². The van der Waals surface area contributed by atoms with Crippen LogP contribution in [0.5, 0.6) is 11.5 Å². The zero-order chi connectivity index (χ0) is 21.6. The third-order valence-electron chi connectivity index (χ3n) is 4.36. The van der Waals surface area contributed by atoms with Gasteiger partial charge < -0.3 is 14.2 Å². The van der Waals surface area contributed by atoms with E-state index in [0.29, 0.717) is 16.5 Å². The first-order chi connectivity index (χ1) is 14.3. The Bertz CT molecular complexity index is 922. The Balaban J connectivity index is 1.78. The minimum absolute atomic E-state index is 0.200. The number of carbonyl (C=O) groups excluding carboxylic acids is 1. The van der Waals surface area contributed by atoms with Crippen LogP contribution in [-0.2, 0) is 9.53 Å². The van der Waals surface area contributed by atoms with E-state index >= 15 is 0 Å². The predicted octanol–water partition coefficient (Wildman–Crippen LogP) is 5.15. The largest absolute Gasteiger partial charge is 0.482 e. The number of para-hydroxylation sites is 1. The van der Waals surface area contributed by atoms with Gasteiger partial charge >= 0.3 is 5.97 Å². The Labute approximate surface area is 181 Å². The first kappa shape index (κ1) is 21.7. The van der Waals surface area contributed by atoms with Crippen LogP contribution in [0, 0.1) is 5.41 Å². The van der Waals surface area contributed by atoms with Gasteiger partial charge in [0.25, 0.3) is 0 Å². The Morgan fingerprint density at radius 1 is 1.07 bits per heavy atom. The van der Waals surface area contributed by atoms with Gasteiger partial charge in [-0.1, -0.05) is 50.6 Å². The van der Waals surface area contributed by atoms with Crippen molar-refractivity contribution in [3.63, 3.8) is 0 Å². The summed E-state index contributed by atoms with van der Waals surface area (Å²) >= 11 is 5.98. The molecule has 6 nitrogen and oxygen atoms in total. The molecule has 2 aromatic carbocycles. The number of halogens is 1. The molecule has 0 aliphatic carbocycles. The average Bonchev–Trinajstić information content (AvgIpc) is 3.25. The summed E-state index contributed by atoms with van der Waals surface area (Å²) in [6.07, 6.45) is 3.81. The van der Waals surface area contributed by atoms with Gasteiger partial charge in [-0.05, 0) is 36.4 Å². The number of esters is 1. The van der Waals surface area contributed by atoms with Crippen LogP contribution in [0.4, 0.5) is 0 Å². The van der Waals surface area contributed by atoms with Crippen LogP contribution in [0.1, 0.15) is 27.0 Å². The normalized spacial score (nSPS) is 13.3. The SMILES string of the molecule is CC(C)(C)C(OC(=O)COc1ccccc1)C(Oc1ccc(Cl)cc1)n1ccnc1. The van der Waals surface area contributed by atoms with Crippen molar-refractivity contribution in [2.75, 3.05) is 6.61 Å². The van der Waals surface area contributed by atoms with Crippen molar-refractivity contribution in [3.8, 4) is 11.5 Å². The monoisotopic (exact) mass is 428 g/mol. The fraction of sp³-hybridized carbons (Fsp3) is 0.304. The van der Waals surface area contributed by atoms with Gasteiger partial charge in [-0.25, -0.2) is 9.78 Å². The molecular formula is C23H25ClN2O4. The molecule has 1 heterocycles. The number of ether oxygens (including phenoxy) is 3. The van der Waals surface area contributed by atoms with E-state index in [1.54, 1.807) is 59.7 Å². The number of imidazole rings is 1. The third-order valence-corrected chi connectivity index (χ3v) is 4.61. The second-order valence-corrected chi connectivity index (χ2v) is 8.29. The number of benzene rings is 2. The van der Waals surface area contributed by atoms with Crippen LogP contribution in [0.3, 0.4) is 0 Å². The standard InChI is InChI=1S/C23H25ClN2O4/c1-23(2,3)21(30-20(27)15-28-18-7-5-4-6-8-18)22(26-14-13-25-16-26)29-19-11-9-17(24)10-12-19/h4-14,16,21-22H,15H2,1-3H3. The highest BCUT2D eigenvalue weighted by Gasteiger charge is 2.38. The van der Waals surface area contributed by atoms with Crippen LogP contribution in [0.15, 0.2) is 73.3 Å². The molecule has 0 aliphatic rings. The van der Waals surface area contributed by atoms with Crippen LogP contribution in [-0.4, -0.2) is 28.2 Å². The lowest BCUT2D eigenvalue weighted by Gasteiger charge is -2.36. The maximum absolute atomic E-state index is 12.6. The summed E-state index contributed by atoms with van der Waals surface area (Å²) in [5.41, 5.74) is -0.427. The molecule has 0 amide bonds. The van der Waals surface area contributed by atoms with Crippen molar-refractivity contribution in [2.24, 2.45) is 5.41 Å². The zero-order valence-electron chi connectivity index (χ0n) is 17.2. The molecule has 158 valence electrons. The van der Waals surface area contributed by atoms with Crippen LogP contribution in [0.2, 0.25) is 5.02 Å². The lowest BCUT2D eigenvalue weighted by Crippen LogP contribution is -2.42. The van der Waals surface area contributed by atoms with Gasteiger partial charge in [0, 0.05) is 22.8 Å².